The Balaban J connectivity index is 1.33. The van der Waals surface area contributed by atoms with E-state index in [0.717, 1.165) is 51.3 Å². The van der Waals surface area contributed by atoms with Gasteiger partial charge in [0, 0.05) is 12.2 Å². The van der Waals surface area contributed by atoms with Gasteiger partial charge in [-0.3, -0.25) is 4.79 Å². The van der Waals surface area contributed by atoms with E-state index in [1.165, 1.54) is 16.2 Å². The van der Waals surface area contributed by atoms with Crippen molar-refractivity contribution in [3.8, 4) is 5.75 Å². The van der Waals surface area contributed by atoms with E-state index in [-0.39, 0.29) is 5.91 Å². The Kier molecular flexibility index (Phi) is 7.11. The highest BCUT2D eigenvalue weighted by Gasteiger charge is 2.22. The molecular formula is C22H30N3O2+. The Morgan fingerprint density at radius 2 is 1.78 bits per heavy atom. The van der Waals surface area contributed by atoms with Gasteiger partial charge in [-0.15, -0.1) is 0 Å². The average Bonchev–Trinajstić information content (AvgIpc) is 2.73. The summed E-state index contributed by atoms with van der Waals surface area (Å²) in [6.07, 6.45) is 1.99. The average molecular weight is 369 g/mol. The maximum absolute atomic E-state index is 12.2. The van der Waals surface area contributed by atoms with Gasteiger partial charge in [0.2, 0.25) is 0 Å². The largest absolute Gasteiger partial charge is 0.497 e. The van der Waals surface area contributed by atoms with Gasteiger partial charge in [0.1, 0.15) is 5.75 Å². The van der Waals surface area contributed by atoms with Gasteiger partial charge in [-0.1, -0.05) is 30.3 Å². The molecule has 1 heterocycles. The summed E-state index contributed by atoms with van der Waals surface area (Å²) in [5, 5.41) is 3.07. The molecule has 2 N–H and O–H groups in total. The molecule has 27 heavy (non-hydrogen) atoms. The Morgan fingerprint density at radius 1 is 1.07 bits per heavy atom. The van der Waals surface area contributed by atoms with Crippen molar-refractivity contribution in [2.75, 3.05) is 51.3 Å². The van der Waals surface area contributed by atoms with Gasteiger partial charge < -0.3 is 19.9 Å². The normalized spacial score (nSPS) is 14.8. The van der Waals surface area contributed by atoms with Gasteiger partial charge >= 0.3 is 0 Å². The molecular weight excluding hydrogens is 338 g/mol. The molecule has 0 spiro atoms. The number of carbonyl (C=O) groups excluding carboxylic acids is 1. The molecule has 0 radical (unpaired) electrons. The first kappa shape index (κ1) is 19.2. The number of methoxy groups -OCH3 is 1. The summed E-state index contributed by atoms with van der Waals surface area (Å²) < 4.78 is 5.22. The van der Waals surface area contributed by atoms with Crippen LogP contribution in [0.2, 0.25) is 0 Å². The summed E-state index contributed by atoms with van der Waals surface area (Å²) >= 11 is 0. The minimum Gasteiger partial charge on any atom is -0.497 e. The number of piperazine rings is 1. The first-order valence-corrected chi connectivity index (χ1v) is 9.78. The molecule has 144 valence electrons. The SMILES string of the molecule is COc1ccc(N2CC[NH+](CC(=O)NCCCc3ccccc3)CC2)cc1. The molecule has 0 saturated carbocycles. The van der Waals surface area contributed by atoms with Gasteiger partial charge in [-0.2, -0.15) is 0 Å². The predicted octanol–water partition coefficient (Wildman–Crippen LogP) is 1.15. The van der Waals surface area contributed by atoms with Crippen LogP contribution in [0.5, 0.6) is 5.75 Å². The lowest BCUT2D eigenvalue weighted by molar-refractivity contribution is -0.892. The van der Waals surface area contributed by atoms with Crippen molar-refractivity contribution in [2.45, 2.75) is 12.8 Å². The monoisotopic (exact) mass is 368 g/mol. The van der Waals surface area contributed by atoms with Gasteiger partial charge in [-0.25, -0.2) is 0 Å². The Bertz CT molecular complexity index is 695. The minimum atomic E-state index is 0.163. The number of benzene rings is 2. The Hall–Kier alpha value is -2.53. The second-order valence-corrected chi connectivity index (χ2v) is 7.05. The highest BCUT2D eigenvalue weighted by atomic mass is 16.5. The fourth-order valence-corrected chi connectivity index (χ4v) is 3.51. The van der Waals surface area contributed by atoms with Crippen LogP contribution in [0.15, 0.2) is 54.6 Å². The van der Waals surface area contributed by atoms with E-state index in [4.69, 9.17) is 4.74 Å². The molecule has 1 saturated heterocycles. The number of carbonyl (C=O) groups is 1. The summed E-state index contributed by atoms with van der Waals surface area (Å²) in [6.45, 7) is 5.25. The summed E-state index contributed by atoms with van der Waals surface area (Å²) in [5.41, 5.74) is 2.55. The number of aryl methyl sites for hydroxylation is 1. The van der Waals surface area contributed by atoms with Crippen molar-refractivity contribution in [1.29, 1.82) is 0 Å². The number of hydrogen-bond donors (Lipinski definition) is 2. The highest BCUT2D eigenvalue weighted by Crippen LogP contribution is 2.18. The van der Waals surface area contributed by atoms with Crippen molar-refractivity contribution >= 4 is 11.6 Å². The number of rotatable bonds is 8. The van der Waals surface area contributed by atoms with E-state index in [1.807, 2.05) is 18.2 Å². The molecule has 3 rings (SSSR count). The topological polar surface area (TPSA) is 46.0 Å². The zero-order valence-corrected chi connectivity index (χ0v) is 16.1. The van der Waals surface area contributed by atoms with E-state index >= 15 is 0 Å². The van der Waals surface area contributed by atoms with Crippen LogP contribution in [0, 0.1) is 0 Å². The highest BCUT2D eigenvalue weighted by molar-refractivity contribution is 5.76. The second kappa shape index (κ2) is 9.97. The quantitative estimate of drug-likeness (QED) is 0.687. The second-order valence-electron chi connectivity index (χ2n) is 7.05. The van der Waals surface area contributed by atoms with E-state index in [9.17, 15) is 4.79 Å². The number of amides is 1. The van der Waals surface area contributed by atoms with Crippen LogP contribution in [0.1, 0.15) is 12.0 Å². The van der Waals surface area contributed by atoms with Gasteiger partial charge in [0.05, 0.1) is 33.3 Å². The van der Waals surface area contributed by atoms with Crippen molar-refractivity contribution < 1.29 is 14.4 Å². The van der Waals surface area contributed by atoms with E-state index < -0.39 is 0 Å². The maximum atomic E-state index is 12.2. The lowest BCUT2D eigenvalue weighted by atomic mass is 10.1. The lowest BCUT2D eigenvalue weighted by Crippen LogP contribution is -3.15. The molecule has 1 aliphatic heterocycles. The molecule has 0 bridgehead atoms. The molecule has 0 atom stereocenters. The van der Waals surface area contributed by atoms with Crippen molar-refractivity contribution in [3.05, 3.63) is 60.2 Å². The number of nitrogens with zero attached hydrogens (tertiary/aromatic N) is 1. The zero-order valence-electron chi connectivity index (χ0n) is 16.1. The van der Waals surface area contributed by atoms with Crippen LogP contribution in [0.4, 0.5) is 5.69 Å². The summed E-state index contributed by atoms with van der Waals surface area (Å²) in [7, 11) is 1.68. The lowest BCUT2D eigenvalue weighted by Gasteiger charge is -2.33. The zero-order chi connectivity index (χ0) is 18.9. The van der Waals surface area contributed by atoms with Crippen LogP contribution in [0.25, 0.3) is 0 Å². The molecule has 1 amide bonds. The Labute approximate surface area is 161 Å². The number of ether oxygens (including phenoxy) is 1. The molecule has 5 heteroatoms. The smallest absolute Gasteiger partial charge is 0.275 e. The van der Waals surface area contributed by atoms with Crippen molar-refractivity contribution in [2.24, 2.45) is 0 Å². The molecule has 1 fully saturated rings. The molecule has 2 aromatic rings. The van der Waals surface area contributed by atoms with Crippen molar-refractivity contribution in [1.82, 2.24) is 5.32 Å². The fourth-order valence-electron chi connectivity index (χ4n) is 3.51. The molecule has 1 aliphatic rings. The summed E-state index contributed by atoms with van der Waals surface area (Å²) in [6, 6.07) is 18.6. The first-order valence-electron chi connectivity index (χ1n) is 9.78. The van der Waals surface area contributed by atoms with Crippen LogP contribution >= 0.6 is 0 Å². The maximum Gasteiger partial charge on any atom is 0.275 e. The number of nitrogens with one attached hydrogen (secondary N) is 2. The number of quaternary nitrogens is 1. The van der Waals surface area contributed by atoms with Crippen LogP contribution in [0.3, 0.4) is 0 Å². The number of hydrogen-bond acceptors (Lipinski definition) is 3. The molecule has 5 nitrogen and oxygen atoms in total. The van der Waals surface area contributed by atoms with Crippen LogP contribution in [-0.2, 0) is 11.2 Å². The van der Waals surface area contributed by atoms with Gasteiger partial charge in [-0.05, 0) is 42.7 Å². The Morgan fingerprint density at radius 3 is 2.44 bits per heavy atom. The molecule has 0 aromatic heterocycles. The standard InChI is InChI=1S/C22H29N3O2/c1-27-21-11-9-20(10-12-21)25-16-14-24(15-17-25)18-22(26)23-13-5-8-19-6-3-2-4-7-19/h2-4,6-7,9-12H,5,8,13-18H2,1H3,(H,23,26)/p+1. The first-order chi connectivity index (χ1) is 13.2. The minimum absolute atomic E-state index is 0.163. The predicted molar refractivity (Wildman–Crippen MR) is 109 cm³/mol. The molecule has 0 aliphatic carbocycles. The summed E-state index contributed by atoms with van der Waals surface area (Å²) in [4.78, 5) is 15.9. The van der Waals surface area contributed by atoms with Gasteiger partial charge in [0.25, 0.3) is 5.91 Å². The fraction of sp³-hybridized carbons (Fsp3) is 0.409. The third kappa shape index (κ3) is 6.00. The van der Waals surface area contributed by atoms with Gasteiger partial charge in [0.15, 0.2) is 6.54 Å². The molecule has 0 unspecified atom stereocenters. The van der Waals surface area contributed by atoms with Crippen molar-refractivity contribution in [3.63, 3.8) is 0 Å². The van der Waals surface area contributed by atoms with Crippen LogP contribution in [-0.4, -0.2) is 52.3 Å². The van der Waals surface area contributed by atoms with E-state index in [1.54, 1.807) is 7.11 Å². The van der Waals surface area contributed by atoms with E-state index in [0.29, 0.717) is 6.54 Å². The third-order valence-corrected chi connectivity index (χ3v) is 5.13. The summed E-state index contributed by atoms with van der Waals surface area (Å²) in [5.74, 6) is 1.04. The molecule has 2 aromatic carbocycles. The number of anilines is 1. The van der Waals surface area contributed by atoms with E-state index in [2.05, 4.69) is 46.6 Å². The van der Waals surface area contributed by atoms with Crippen LogP contribution < -0.4 is 19.9 Å². The third-order valence-electron chi connectivity index (χ3n) is 5.13.